The van der Waals surface area contributed by atoms with Gasteiger partial charge in [0.25, 0.3) is 0 Å². The van der Waals surface area contributed by atoms with Crippen LogP contribution >= 0.6 is 0 Å². The molecule has 1 aromatic carbocycles. The van der Waals surface area contributed by atoms with Crippen LogP contribution in [0.1, 0.15) is 18.2 Å². The van der Waals surface area contributed by atoms with Crippen molar-refractivity contribution < 1.29 is 17.9 Å². The summed E-state index contributed by atoms with van der Waals surface area (Å²) in [6, 6.07) is 7.50. The van der Waals surface area contributed by atoms with Gasteiger partial charge in [-0.2, -0.15) is 0 Å². The molecule has 1 saturated heterocycles. The highest BCUT2D eigenvalue weighted by Gasteiger charge is 2.32. The molecule has 1 heterocycles. The molecule has 1 N–H and O–H groups in total. The first kappa shape index (κ1) is 15.8. The molecule has 0 spiro atoms. The first-order valence-corrected chi connectivity index (χ1v) is 8.82. The standard InChI is InChI=1S/C14H20N2O4S/c1-20-12-7-4-3-6-11(12)14-15-10-13(17)16(14)8-5-9-21(2,18)19/h3-4,6-7,14-15H,5,8-10H2,1-2H3. The molecule has 0 aromatic heterocycles. The minimum Gasteiger partial charge on any atom is -0.496 e. The zero-order valence-electron chi connectivity index (χ0n) is 12.2. The summed E-state index contributed by atoms with van der Waals surface area (Å²) >= 11 is 0. The lowest BCUT2D eigenvalue weighted by Crippen LogP contribution is -2.32. The number of amides is 1. The third-order valence-corrected chi connectivity index (χ3v) is 4.46. The highest BCUT2D eigenvalue weighted by molar-refractivity contribution is 7.90. The third kappa shape index (κ3) is 3.95. The third-order valence-electron chi connectivity index (χ3n) is 3.43. The van der Waals surface area contributed by atoms with Gasteiger partial charge in [0.1, 0.15) is 21.8 Å². The molecule has 21 heavy (non-hydrogen) atoms. The lowest BCUT2D eigenvalue weighted by molar-refractivity contribution is -0.128. The topological polar surface area (TPSA) is 75.7 Å². The zero-order chi connectivity index (χ0) is 15.5. The number of methoxy groups -OCH3 is 1. The van der Waals surface area contributed by atoms with Gasteiger partial charge < -0.3 is 9.64 Å². The number of carbonyl (C=O) groups excluding carboxylic acids is 1. The lowest BCUT2D eigenvalue weighted by Gasteiger charge is -2.25. The number of rotatable bonds is 6. The van der Waals surface area contributed by atoms with Gasteiger partial charge in [-0.3, -0.25) is 10.1 Å². The van der Waals surface area contributed by atoms with Crippen LogP contribution in [0.2, 0.25) is 0 Å². The SMILES string of the molecule is COc1ccccc1C1NCC(=O)N1CCCS(C)(=O)=O. The number of para-hydroxylation sites is 1. The second kappa shape index (κ2) is 6.44. The maximum Gasteiger partial charge on any atom is 0.238 e. The van der Waals surface area contributed by atoms with E-state index < -0.39 is 9.84 Å². The minimum atomic E-state index is -3.01. The van der Waals surface area contributed by atoms with Gasteiger partial charge in [-0.05, 0) is 12.5 Å². The van der Waals surface area contributed by atoms with Crippen LogP contribution in [-0.4, -0.2) is 51.4 Å². The Morgan fingerprint density at radius 3 is 2.76 bits per heavy atom. The molecule has 116 valence electrons. The van der Waals surface area contributed by atoms with E-state index in [2.05, 4.69) is 5.32 Å². The molecule has 1 aliphatic heterocycles. The van der Waals surface area contributed by atoms with Crippen molar-refractivity contribution >= 4 is 15.7 Å². The summed E-state index contributed by atoms with van der Waals surface area (Å²) in [5, 5.41) is 3.14. The summed E-state index contributed by atoms with van der Waals surface area (Å²) in [6.07, 6.45) is 1.36. The molecule has 0 bridgehead atoms. The fourth-order valence-corrected chi connectivity index (χ4v) is 3.11. The monoisotopic (exact) mass is 312 g/mol. The molecule has 1 aliphatic rings. The molecular weight excluding hydrogens is 292 g/mol. The van der Waals surface area contributed by atoms with Crippen molar-refractivity contribution in [3.8, 4) is 5.75 Å². The summed E-state index contributed by atoms with van der Waals surface area (Å²) in [4.78, 5) is 13.7. The molecule has 2 rings (SSSR count). The Hall–Kier alpha value is -1.60. The fraction of sp³-hybridized carbons (Fsp3) is 0.500. The molecule has 7 heteroatoms. The van der Waals surface area contributed by atoms with E-state index in [1.54, 1.807) is 12.0 Å². The number of nitrogens with zero attached hydrogens (tertiary/aromatic N) is 1. The summed E-state index contributed by atoms with van der Waals surface area (Å²) < 4.78 is 27.7. The van der Waals surface area contributed by atoms with Crippen LogP contribution in [0.25, 0.3) is 0 Å². The van der Waals surface area contributed by atoms with Crippen LogP contribution in [0.5, 0.6) is 5.75 Å². The Balaban J connectivity index is 2.13. The molecule has 1 fully saturated rings. The highest BCUT2D eigenvalue weighted by atomic mass is 32.2. The second-order valence-electron chi connectivity index (χ2n) is 5.10. The van der Waals surface area contributed by atoms with Crippen LogP contribution in [-0.2, 0) is 14.6 Å². The zero-order valence-corrected chi connectivity index (χ0v) is 13.0. The molecular formula is C14H20N2O4S. The van der Waals surface area contributed by atoms with Crippen LogP contribution in [0.3, 0.4) is 0 Å². The molecule has 0 saturated carbocycles. The van der Waals surface area contributed by atoms with Crippen molar-refractivity contribution in [3.05, 3.63) is 29.8 Å². The normalized spacial score (nSPS) is 19.0. The predicted octanol–water partition coefficient (Wildman–Crippen LogP) is 0.560. The lowest BCUT2D eigenvalue weighted by atomic mass is 10.1. The molecule has 1 atom stereocenters. The van der Waals surface area contributed by atoms with E-state index >= 15 is 0 Å². The predicted molar refractivity (Wildman–Crippen MR) is 79.8 cm³/mol. The van der Waals surface area contributed by atoms with E-state index in [4.69, 9.17) is 4.74 Å². The van der Waals surface area contributed by atoms with Gasteiger partial charge in [0.15, 0.2) is 0 Å². The average Bonchev–Trinajstić information content (AvgIpc) is 2.79. The molecule has 1 unspecified atom stereocenters. The molecule has 0 radical (unpaired) electrons. The Bertz CT molecular complexity index is 615. The Kier molecular flexibility index (Phi) is 4.84. The van der Waals surface area contributed by atoms with Crippen LogP contribution < -0.4 is 10.1 Å². The van der Waals surface area contributed by atoms with Gasteiger partial charge in [-0.15, -0.1) is 0 Å². The van der Waals surface area contributed by atoms with Crippen LogP contribution in [0.15, 0.2) is 24.3 Å². The van der Waals surface area contributed by atoms with Gasteiger partial charge in [0, 0.05) is 18.4 Å². The van der Waals surface area contributed by atoms with E-state index in [-0.39, 0.29) is 24.4 Å². The van der Waals surface area contributed by atoms with Crippen molar-refractivity contribution in [2.45, 2.75) is 12.6 Å². The summed E-state index contributed by atoms with van der Waals surface area (Å²) in [6.45, 7) is 0.656. The largest absolute Gasteiger partial charge is 0.496 e. The van der Waals surface area contributed by atoms with Gasteiger partial charge >= 0.3 is 0 Å². The molecule has 6 nitrogen and oxygen atoms in total. The van der Waals surface area contributed by atoms with Gasteiger partial charge in [0.2, 0.25) is 5.91 Å². The van der Waals surface area contributed by atoms with Crippen molar-refractivity contribution in [1.82, 2.24) is 10.2 Å². The van der Waals surface area contributed by atoms with E-state index in [1.165, 1.54) is 6.26 Å². The van der Waals surface area contributed by atoms with Crippen molar-refractivity contribution in [3.63, 3.8) is 0 Å². The summed E-state index contributed by atoms with van der Waals surface area (Å²) in [7, 11) is -1.42. The molecule has 0 aliphatic carbocycles. The molecule has 1 aromatic rings. The number of nitrogens with one attached hydrogen (secondary N) is 1. The smallest absolute Gasteiger partial charge is 0.238 e. The minimum absolute atomic E-state index is 0.0283. The van der Waals surface area contributed by atoms with Crippen molar-refractivity contribution in [2.75, 3.05) is 32.2 Å². The maximum absolute atomic E-state index is 12.0. The Morgan fingerprint density at radius 1 is 1.38 bits per heavy atom. The highest BCUT2D eigenvalue weighted by Crippen LogP contribution is 2.30. The maximum atomic E-state index is 12.0. The summed E-state index contributed by atoms with van der Waals surface area (Å²) in [5.41, 5.74) is 0.880. The van der Waals surface area contributed by atoms with Crippen LogP contribution in [0, 0.1) is 0 Å². The first-order valence-electron chi connectivity index (χ1n) is 6.76. The van der Waals surface area contributed by atoms with E-state index in [9.17, 15) is 13.2 Å². The Labute approximate surface area is 125 Å². The summed E-state index contributed by atoms with van der Waals surface area (Å²) in [5.74, 6) is 0.757. The number of hydrogen-bond acceptors (Lipinski definition) is 5. The van der Waals surface area contributed by atoms with E-state index in [1.807, 2.05) is 24.3 Å². The average molecular weight is 312 g/mol. The van der Waals surface area contributed by atoms with Gasteiger partial charge in [0.05, 0.1) is 19.4 Å². The van der Waals surface area contributed by atoms with Crippen molar-refractivity contribution in [1.29, 1.82) is 0 Å². The number of benzene rings is 1. The number of ether oxygens (including phenoxy) is 1. The van der Waals surface area contributed by atoms with Gasteiger partial charge in [-0.1, -0.05) is 18.2 Å². The quantitative estimate of drug-likeness (QED) is 0.831. The first-order chi connectivity index (χ1) is 9.92. The van der Waals surface area contributed by atoms with Gasteiger partial charge in [-0.25, -0.2) is 8.42 Å². The van der Waals surface area contributed by atoms with Crippen LogP contribution in [0.4, 0.5) is 0 Å². The number of sulfone groups is 1. The fourth-order valence-electron chi connectivity index (χ4n) is 2.46. The Morgan fingerprint density at radius 2 is 2.10 bits per heavy atom. The molecule has 1 amide bonds. The van der Waals surface area contributed by atoms with E-state index in [0.717, 1.165) is 5.56 Å². The van der Waals surface area contributed by atoms with Crippen molar-refractivity contribution in [2.24, 2.45) is 0 Å². The van der Waals surface area contributed by atoms with E-state index in [0.29, 0.717) is 18.7 Å². The second-order valence-corrected chi connectivity index (χ2v) is 7.36. The number of carbonyl (C=O) groups is 1. The number of hydrogen-bond donors (Lipinski definition) is 1.